The molecule has 0 spiro atoms. The highest BCUT2D eigenvalue weighted by atomic mass is 18.2. The number of rotatable bonds is 2. The van der Waals surface area contributed by atoms with Gasteiger partial charge in [-0.25, -0.2) is 9.18 Å². The molecule has 1 amide bonds. The van der Waals surface area contributed by atoms with Crippen LogP contribution in [0.3, 0.4) is 0 Å². The molecule has 22 heavy (non-hydrogen) atoms. The summed E-state index contributed by atoms with van der Waals surface area (Å²) >= 11 is 0. The maximum absolute atomic E-state index is 12.9. The second-order valence-corrected chi connectivity index (χ2v) is 6.61. The van der Waals surface area contributed by atoms with Gasteiger partial charge in [0.25, 0.3) is 0 Å². The lowest BCUT2D eigenvalue weighted by Crippen LogP contribution is -2.43. The normalized spacial score (nSPS) is 16.5. The lowest BCUT2D eigenvalue weighted by atomic mass is 9.89. The first-order chi connectivity index (χ1) is 10.3. The standard InChI is InChI=1S/C17H22FNO3/c1-17(2,3)22-16(21)19-10-8-13(9-11-19)15(20)12-4-6-14(18)7-5-12/h4-7,13H,8-11H2,1-3H3/i18-1. The fourth-order valence-electron chi connectivity index (χ4n) is 2.50. The van der Waals surface area contributed by atoms with Gasteiger partial charge < -0.3 is 9.64 Å². The van der Waals surface area contributed by atoms with Gasteiger partial charge in [-0.2, -0.15) is 0 Å². The molecule has 1 fully saturated rings. The Bertz CT molecular complexity index is 540. The molecule has 4 nitrogen and oxygen atoms in total. The maximum Gasteiger partial charge on any atom is 0.410 e. The van der Waals surface area contributed by atoms with Gasteiger partial charge in [0.05, 0.1) is 0 Å². The van der Waals surface area contributed by atoms with E-state index in [2.05, 4.69) is 0 Å². The van der Waals surface area contributed by atoms with Crippen molar-refractivity contribution >= 4 is 11.9 Å². The van der Waals surface area contributed by atoms with E-state index in [0.717, 1.165) is 0 Å². The Balaban J connectivity index is 1.90. The van der Waals surface area contributed by atoms with E-state index < -0.39 is 5.60 Å². The Kier molecular flexibility index (Phi) is 4.84. The van der Waals surface area contributed by atoms with E-state index in [1.165, 1.54) is 24.3 Å². The summed E-state index contributed by atoms with van der Waals surface area (Å²) in [6.45, 7) is 6.50. The largest absolute Gasteiger partial charge is 0.444 e. The van der Waals surface area contributed by atoms with Crippen molar-refractivity contribution in [2.24, 2.45) is 5.92 Å². The number of carbonyl (C=O) groups is 2. The molecule has 0 bridgehead atoms. The molecule has 0 aromatic heterocycles. The first-order valence-corrected chi connectivity index (χ1v) is 7.54. The van der Waals surface area contributed by atoms with Crippen LogP contribution in [0.5, 0.6) is 0 Å². The summed E-state index contributed by atoms with van der Waals surface area (Å²) < 4.78 is 18.2. The highest BCUT2D eigenvalue weighted by Crippen LogP contribution is 2.23. The first-order valence-electron chi connectivity index (χ1n) is 7.54. The van der Waals surface area contributed by atoms with Crippen LogP contribution in [0, 0.1) is 11.7 Å². The average Bonchev–Trinajstić information content (AvgIpc) is 2.46. The number of hydrogen-bond acceptors (Lipinski definition) is 3. The van der Waals surface area contributed by atoms with Crippen LogP contribution in [0.4, 0.5) is 9.18 Å². The molecule has 0 unspecified atom stereocenters. The van der Waals surface area contributed by atoms with Gasteiger partial charge in [0.15, 0.2) is 5.78 Å². The van der Waals surface area contributed by atoms with Crippen LogP contribution in [-0.4, -0.2) is 35.5 Å². The summed E-state index contributed by atoms with van der Waals surface area (Å²) in [5.74, 6) is -0.454. The number of halogens is 1. The maximum atomic E-state index is 12.9. The number of benzene rings is 1. The Morgan fingerprint density at radius 1 is 1.14 bits per heavy atom. The third-order valence-electron chi connectivity index (χ3n) is 3.65. The number of carbonyl (C=O) groups excluding carboxylic acids is 2. The Labute approximate surface area is 130 Å². The summed E-state index contributed by atoms with van der Waals surface area (Å²) in [5.41, 5.74) is 0.00910. The van der Waals surface area contributed by atoms with E-state index in [1.807, 2.05) is 20.8 Å². The van der Waals surface area contributed by atoms with Gasteiger partial charge >= 0.3 is 6.09 Å². The number of nitrogens with zero attached hydrogens (tertiary/aromatic N) is 1. The molecular formula is C17H22FNO3. The van der Waals surface area contributed by atoms with Crippen LogP contribution >= 0.6 is 0 Å². The predicted molar refractivity (Wildman–Crippen MR) is 81.3 cm³/mol. The van der Waals surface area contributed by atoms with E-state index in [-0.39, 0.29) is 23.6 Å². The van der Waals surface area contributed by atoms with Gasteiger partial charge in [-0.1, -0.05) is 0 Å². The molecule has 0 aliphatic carbocycles. The van der Waals surface area contributed by atoms with Gasteiger partial charge in [0.2, 0.25) is 0 Å². The van der Waals surface area contributed by atoms with E-state index in [9.17, 15) is 14.0 Å². The number of ether oxygens (including phenoxy) is 1. The molecular weight excluding hydrogens is 284 g/mol. The monoisotopic (exact) mass is 306 g/mol. The summed E-state index contributed by atoms with van der Waals surface area (Å²) in [6, 6.07) is 5.61. The number of ketones is 1. The molecule has 1 saturated heterocycles. The molecule has 120 valence electrons. The predicted octanol–water partition coefficient (Wildman–Crippen LogP) is 3.66. The molecule has 0 saturated carbocycles. The summed E-state index contributed by atoms with van der Waals surface area (Å²) in [6.07, 6.45) is 0.880. The van der Waals surface area contributed by atoms with Gasteiger partial charge in [0.1, 0.15) is 11.4 Å². The zero-order valence-corrected chi connectivity index (χ0v) is 13.3. The minimum absolute atomic E-state index is 0.0174. The molecule has 0 N–H and O–H groups in total. The third-order valence-corrected chi connectivity index (χ3v) is 3.65. The zero-order chi connectivity index (χ0) is 16.3. The molecule has 1 aliphatic rings. The smallest absolute Gasteiger partial charge is 0.410 e. The van der Waals surface area contributed by atoms with Gasteiger partial charge in [-0.3, -0.25) is 4.79 Å². The van der Waals surface area contributed by atoms with E-state index in [0.29, 0.717) is 31.5 Å². The van der Waals surface area contributed by atoms with Crippen molar-refractivity contribution in [2.75, 3.05) is 13.1 Å². The van der Waals surface area contributed by atoms with Gasteiger partial charge in [0, 0.05) is 24.6 Å². The molecule has 2 rings (SSSR count). The third kappa shape index (κ3) is 4.29. The summed E-state index contributed by atoms with van der Waals surface area (Å²) in [7, 11) is 0. The Hall–Kier alpha value is -1.91. The summed E-state index contributed by atoms with van der Waals surface area (Å²) in [4.78, 5) is 26.0. The van der Waals surface area contributed by atoms with Crippen molar-refractivity contribution in [2.45, 2.75) is 39.2 Å². The number of amides is 1. The molecule has 1 aromatic carbocycles. The van der Waals surface area contributed by atoms with Crippen LogP contribution in [-0.2, 0) is 4.74 Å². The fraction of sp³-hybridized carbons (Fsp3) is 0.529. The van der Waals surface area contributed by atoms with Crippen molar-refractivity contribution in [3.63, 3.8) is 0 Å². The Morgan fingerprint density at radius 2 is 1.68 bits per heavy atom. The highest BCUT2D eigenvalue weighted by molar-refractivity contribution is 5.97. The van der Waals surface area contributed by atoms with Crippen LogP contribution in [0.1, 0.15) is 44.0 Å². The fourth-order valence-corrected chi connectivity index (χ4v) is 2.50. The second-order valence-electron chi connectivity index (χ2n) is 6.61. The van der Waals surface area contributed by atoms with E-state index >= 15 is 0 Å². The molecule has 0 atom stereocenters. The molecule has 1 aromatic rings. The minimum atomic E-state index is -0.516. The van der Waals surface area contributed by atoms with E-state index in [1.54, 1.807) is 4.90 Å². The van der Waals surface area contributed by atoms with Crippen LogP contribution in [0.2, 0.25) is 0 Å². The first kappa shape index (κ1) is 16.5. The summed E-state index contributed by atoms with van der Waals surface area (Å²) in [5, 5.41) is 0. The number of piperidine rings is 1. The molecule has 0 radical (unpaired) electrons. The zero-order valence-electron chi connectivity index (χ0n) is 13.3. The van der Waals surface area contributed by atoms with Crippen molar-refractivity contribution in [3.05, 3.63) is 35.6 Å². The highest BCUT2D eigenvalue weighted by Gasteiger charge is 2.30. The Morgan fingerprint density at radius 3 is 2.18 bits per heavy atom. The minimum Gasteiger partial charge on any atom is -0.444 e. The van der Waals surface area contributed by atoms with Gasteiger partial charge in [-0.15, -0.1) is 0 Å². The number of Topliss-reactive ketones (excluding diaryl/α,β-unsaturated/α-hetero) is 1. The molecule has 1 heterocycles. The van der Waals surface area contributed by atoms with E-state index in [4.69, 9.17) is 4.74 Å². The molecule has 1 aliphatic heterocycles. The lowest BCUT2D eigenvalue weighted by Gasteiger charge is -2.32. The van der Waals surface area contributed by atoms with Crippen molar-refractivity contribution in [3.8, 4) is 0 Å². The lowest BCUT2D eigenvalue weighted by molar-refractivity contribution is 0.0182. The van der Waals surface area contributed by atoms with Crippen molar-refractivity contribution in [1.82, 2.24) is 4.90 Å². The SMILES string of the molecule is CC(C)(C)OC(=O)N1CCC(C(=O)c2ccc([18F])cc2)CC1. The van der Waals surface area contributed by atoms with Crippen molar-refractivity contribution < 1.29 is 18.7 Å². The van der Waals surface area contributed by atoms with Crippen LogP contribution in [0.15, 0.2) is 24.3 Å². The van der Waals surface area contributed by atoms with Crippen LogP contribution < -0.4 is 0 Å². The number of hydrogen-bond donors (Lipinski definition) is 0. The topological polar surface area (TPSA) is 46.6 Å². The molecule has 5 heteroatoms. The van der Waals surface area contributed by atoms with Crippen molar-refractivity contribution in [1.29, 1.82) is 0 Å². The van der Waals surface area contributed by atoms with Crippen LogP contribution in [0.25, 0.3) is 0 Å². The van der Waals surface area contributed by atoms with Gasteiger partial charge in [-0.05, 0) is 57.9 Å². The second kappa shape index (κ2) is 6.46. The number of likely N-dealkylation sites (tertiary alicyclic amines) is 1. The quantitative estimate of drug-likeness (QED) is 0.783. The average molecular weight is 306 g/mol.